The quantitative estimate of drug-likeness (QED) is 0.157. The highest BCUT2D eigenvalue weighted by atomic mass is 14.7. The predicted octanol–water partition coefficient (Wildman–Crippen LogP) is 16.2. The Morgan fingerprint density at radius 1 is 0.279 bits per heavy atom. The molecule has 0 spiro atoms. The van der Waals surface area contributed by atoms with E-state index in [0.29, 0.717) is 0 Å². The first-order valence-electron chi connectivity index (χ1n) is 21.2. The van der Waals surface area contributed by atoms with Gasteiger partial charge in [0.2, 0.25) is 0 Å². The molecule has 61 heavy (non-hydrogen) atoms. The third-order valence-corrected chi connectivity index (χ3v) is 12.7. The average Bonchev–Trinajstić information content (AvgIpc) is 3.56. The largest absolute Gasteiger partial charge is 0.248 e. The summed E-state index contributed by atoms with van der Waals surface area (Å²) in [6.07, 6.45) is 0. The minimum Gasteiger partial charge on any atom is -0.248 e. The van der Waals surface area contributed by atoms with E-state index < -0.39 is 0 Å². The summed E-state index contributed by atoms with van der Waals surface area (Å²) in [5.41, 5.74) is 21.3. The molecule has 10 aromatic rings. The molecule has 1 aromatic heterocycles. The first-order valence-corrected chi connectivity index (χ1v) is 21.2. The van der Waals surface area contributed by atoms with Crippen LogP contribution in [0.4, 0.5) is 0 Å². The molecule has 0 fully saturated rings. The Labute approximate surface area is 358 Å². The van der Waals surface area contributed by atoms with Crippen molar-refractivity contribution in [3.05, 3.63) is 236 Å². The van der Waals surface area contributed by atoms with E-state index in [2.05, 4.69) is 238 Å². The van der Waals surface area contributed by atoms with Gasteiger partial charge in [-0.1, -0.05) is 196 Å². The van der Waals surface area contributed by atoms with Gasteiger partial charge in [-0.15, -0.1) is 0 Å². The van der Waals surface area contributed by atoms with Crippen molar-refractivity contribution < 1.29 is 0 Å². The van der Waals surface area contributed by atoms with Crippen LogP contribution in [0.2, 0.25) is 0 Å². The van der Waals surface area contributed by atoms with E-state index in [1.54, 1.807) is 0 Å². The summed E-state index contributed by atoms with van der Waals surface area (Å²) < 4.78 is 0. The molecular weight excluding hydrogens is 735 g/mol. The fraction of sp³-hybridized carbons (Fsp3) is 0.0500. The van der Waals surface area contributed by atoms with Gasteiger partial charge >= 0.3 is 0 Å². The number of aromatic nitrogens is 1. The van der Waals surface area contributed by atoms with Crippen LogP contribution in [0.25, 0.3) is 100 Å². The van der Waals surface area contributed by atoms with E-state index in [9.17, 15) is 0 Å². The fourth-order valence-corrected chi connectivity index (χ4v) is 9.50. The van der Waals surface area contributed by atoms with E-state index in [4.69, 9.17) is 4.98 Å². The van der Waals surface area contributed by atoms with Crippen molar-refractivity contribution in [2.75, 3.05) is 0 Å². The highest BCUT2D eigenvalue weighted by molar-refractivity contribution is 6.03. The molecule has 1 heteroatoms. The number of pyridine rings is 1. The van der Waals surface area contributed by atoms with Gasteiger partial charge in [0.15, 0.2) is 0 Å². The summed E-state index contributed by atoms with van der Waals surface area (Å²) in [7, 11) is 0. The SMILES string of the molecule is CC1(C)c2ccccc2-c2cc(-c3cccc4ccccc34)c(-c3cccc(-c4cccc(-c5cc(-c6cccc(-c7ccccc7)c6)cc(-c6ccccc6)n5)c4)c3)cc21. The highest BCUT2D eigenvalue weighted by Gasteiger charge is 2.36. The second-order valence-electron chi connectivity index (χ2n) is 16.7. The Morgan fingerprint density at radius 2 is 0.770 bits per heavy atom. The summed E-state index contributed by atoms with van der Waals surface area (Å²) in [4.78, 5) is 5.31. The lowest BCUT2D eigenvalue weighted by Gasteiger charge is -2.23. The van der Waals surface area contributed by atoms with E-state index in [0.717, 1.165) is 39.2 Å². The van der Waals surface area contributed by atoms with E-state index in [-0.39, 0.29) is 5.41 Å². The van der Waals surface area contributed by atoms with Gasteiger partial charge in [-0.05, 0) is 131 Å². The molecule has 0 unspecified atom stereocenters. The monoisotopic (exact) mass is 777 g/mol. The molecule has 0 bridgehead atoms. The van der Waals surface area contributed by atoms with Crippen LogP contribution in [0.3, 0.4) is 0 Å². The lowest BCUT2D eigenvalue weighted by molar-refractivity contribution is 0.660. The van der Waals surface area contributed by atoms with Gasteiger partial charge in [0, 0.05) is 16.5 Å². The summed E-state index contributed by atoms with van der Waals surface area (Å²) >= 11 is 0. The maximum absolute atomic E-state index is 5.31. The van der Waals surface area contributed by atoms with Crippen molar-refractivity contribution in [3.63, 3.8) is 0 Å². The van der Waals surface area contributed by atoms with Gasteiger partial charge in [0.25, 0.3) is 0 Å². The molecule has 1 aliphatic rings. The lowest BCUT2D eigenvalue weighted by Crippen LogP contribution is -2.15. The zero-order chi connectivity index (χ0) is 40.9. The van der Waals surface area contributed by atoms with Crippen LogP contribution in [0.1, 0.15) is 25.0 Å². The Bertz CT molecular complexity index is 3260. The molecule has 11 rings (SSSR count). The van der Waals surface area contributed by atoms with Gasteiger partial charge < -0.3 is 0 Å². The molecule has 0 atom stereocenters. The summed E-state index contributed by atoms with van der Waals surface area (Å²) in [5, 5.41) is 2.51. The van der Waals surface area contributed by atoms with Gasteiger partial charge in [-0.2, -0.15) is 0 Å². The Morgan fingerprint density at radius 3 is 1.52 bits per heavy atom. The number of nitrogens with zero attached hydrogens (tertiary/aromatic N) is 1. The lowest BCUT2D eigenvalue weighted by atomic mass is 9.80. The minimum atomic E-state index is -0.118. The van der Waals surface area contributed by atoms with Gasteiger partial charge in [-0.25, -0.2) is 4.98 Å². The zero-order valence-electron chi connectivity index (χ0n) is 34.3. The van der Waals surface area contributed by atoms with Gasteiger partial charge in [-0.3, -0.25) is 0 Å². The van der Waals surface area contributed by atoms with Crippen molar-refractivity contribution in [1.29, 1.82) is 0 Å². The number of fused-ring (bicyclic) bond motifs is 4. The molecule has 9 aromatic carbocycles. The van der Waals surface area contributed by atoms with Crippen LogP contribution >= 0.6 is 0 Å². The highest BCUT2D eigenvalue weighted by Crippen LogP contribution is 2.52. The van der Waals surface area contributed by atoms with Crippen molar-refractivity contribution in [1.82, 2.24) is 4.98 Å². The summed E-state index contributed by atoms with van der Waals surface area (Å²) in [6, 6.07) is 81.7. The van der Waals surface area contributed by atoms with Gasteiger partial charge in [0.1, 0.15) is 0 Å². The molecule has 1 heterocycles. The molecule has 0 radical (unpaired) electrons. The van der Waals surface area contributed by atoms with Crippen LogP contribution < -0.4 is 0 Å². The number of rotatable bonds is 7. The first kappa shape index (κ1) is 36.5. The van der Waals surface area contributed by atoms with Crippen LogP contribution in [0, 0.1) is 0 Å². The average molecular weight is 778 g/mol. The molecule has 0 saturated carbocycles. The minimum absolute atomic E-state index is 0.118. The molecule has 0 amide bonds. The molecule has 0 saturated heterocycles. The van der Waals surface area contributed by atoms with Gasteiger partial charge in [0.05, 0.1) is 11.4 Å². The molecule has 288 valence electrons. The number of hydrogen-bond donors (Lipinski definition) is 0. The Balaban J connectivity index is 1.04. The normalized spacial score (nSPS) is 12.6. The molecule has 1 aliphatic carbocycles. The Kier molecular flexibility index (Phi) is 8.90. The third-order valence-electron chi connectivity index (χ3n) is 12.7. The van der Waals surface area contributed by atoms with Crippen molar-refractivity contribution in [3.8, 4) is 89.3 Å². The van der Waals surface area contributed by atoms with Crippen LogP contribution in [-0.2, 0) is 5.41 Å². The van der Waals surface area contributed by atoms with Crippen LogP contribution in [-0.4, -0.2) is 4.98 Å². The maximum atomic E-state index is 5.31. The second-order valence-corrected chi connectivity index (χ2v) is 16.7. The maximum Gasteiger partial charge on any atom is 0.0715 e. The summed E-state index contributed by atoms with van der Waals surface area (Å²) in [5.74, 6) is 0. The van der Waals surface area contributed by atoms with Crippen molar-refractivity contribution >= 4 is 10.8 Å². The molecular formula is C60H43N. The third kappa shape index (κ3) is 6.56. The fourth-order valence-electron chi connectivity index (χ4n) is 9.50. The zero-order valence-corrected chi connectivity index (χ0v) is 34.3. The van der Waals surface area contributed by atoms with E-state index >= 15 is 0 Å². The number of hydrogen-bond acceptors (Lipinski definition) is 1. The standard InChI is InChI=1S/C60H43N/c1-60(2)56-32-12-11-30-52(56)55-38-54(51-31-16-22-41-19-9-10-29-50(41)51)53(39-57(55)60)47-27-14-24-44(34-47)45-25-15-28-48(35-45)59-37-49(36-58(61-59)42-20-7-4-8-21-42)46-26-13-23-43(33-46)40-17-5-3-6-18-40/h3-39H,1-2H3. The van der Waals surface area contributed by atoms with Crippen molar-refractivity contribution in [2.24, 2.45) is 0 Å². The molecule has 1 nitrogen and oxygen atoms in total. The number of benzene rings is 9. The summed E-state index contributed by atoms with van der Waals surface area (Å²) in [6.45, 7) is 4.74. The van der Waals surface area contributed by atoms with Crippen molar-refractivity contribution in [2.45, 2.75) is 19.3 Å². The smallest absolute Gasteiger partial charge is 0.0715 e. The van der Waals surface area contributed by atoms with Crippen LogP contribution in [0.5, 0.6) is 0 Å². The first-order chi connectivity index (χ1) is 30.0. The van der Waals surface area contributed by atoms with E-state index in [1.165, 1.54) is 72.0 Å². The topological polar surface area (TPSA) is 12.9 Å². The second kappa shape index (κ2) is 14.9. The van der Waals surface area contributed by atoms with Crippen LogP contribution in [0.15, 0.2) is 224 Å². The molecule has 0 aliphatic heterocycles. The predicted molar refractivity (Wildman–Crippen MR) is 257 cm³/mol. The Hall–Kier alpha value is -7.61. The van der Waals surface area contributed by atoms with E-state index in [1.807, 2.05) is 0 Å². The molecule has 0 N–H and O–H groups in total.